The standard InChI is InChI=1S/C32H32N8O2/c1-20(22-10-6-5-7-11-22)40-29-27(30(41)34-31(40)42)39(26(33-29)18-32(2,3)4)19-21-14-16-23(17-15-21)24-12-8-9-13-25(24)28-35-37-38-36-28/h5-17,20H,18-19H2,1-4H3,(H,34,41,42)(H,35,36,37,38). The molecule has 3 heterocycles. The van der Waals surface area contributed by atoms with Crippen LogP contribution in [0.25, 0.3) is 33.7 Å². The number of rotatable bonds is 7. The molecule has 0 aliphatic carbocycles. The van der Waals surface area contributed by atoms with E-state index in [9.17, 15) is 9.59 Å². The van der Waals surface area contributed by atoms with E-state index in [0.717, 1.165) is 33.6 Å². The van der Waals surface area contributed by atoms with Crippen molar-refractivity contribution < 1.29 is 0 Å². The van der Waals surface area contributed by atoms with E-state index in [-0.39, 0.29) is 11.5 Å². The number of hydrogen-bond donors (Lipinski definition) is 2. The van der Waals surface area contributed by atoms with Gasteiger partial charge in [0.25, 0.3) is 5.56 Å². The zero-order chi connectivity index (χ0) is 29.4. The zero-order valence-corrected chi connectivity index (χ0v) is 24.0. The number of imidazole rings is 1. The van der Waals surface area contributed by atoms with Gasteiger partial charge in [-0.15, -0.1) is 10.2 Å². The molecular formula is C32H32N8O2. The number of aromatic amines is 2. The summed E-state index contributed by atoms with van der Waals surface area (Å²) in [5, 5.41) is 14.5. The number of hydrogen-bond acceptors (Lipinski definition) is 6. The second kappa shape index (κ2) is 10.7. The fourth-order valence-corrected chi connectivity index (χ4v) is 5.39. The van der Waals surface area contributed by atoms with Crippen molar-refractivity contribution >= 4 is 11.2 Å². The van der Waals surface area contributed by atoms with E-state index in [2.05, 4.69) is 58.5 Å². The lowest BCUT2D eigenvalue weighted by atomic mass is 9.92. The van der Waals surface area contributed by atoms with Crippen LogP contribution in [-0.4, -0.2) is 39.7 Å². The summed E-state index contributed by atoms with van der Waals surface area (Å²) >= 11 is 0. The monoisotopic (exact) mass is 560 g/mol. The normalized spacial score (nSPS) is 12.6. The van der Waals surface area contributed by atoms with E-state index in [1.165, 1.54) is 0 Å². The van der Waals surface area contributed by atoms with Crippen LogP contribution in [0.5, 0.6) is 0 Å². The second-order valence-electron chi connectivity index (χ2n) is 11.7. The number of aromatic nitrogens is 8. The van der Waals surface area contributed by atoms with Crippen molar-refractivity contribution in [1.29, 1.82) is 0 Å². The summed E-state index contributed by atoms with van der Waals surface area (Å²) in [4.78, 5) is 34.0. The van der Waals surface area contributed by atoms with Gasteiger partial charge in [0.15, 0.2) is 11.2 Å². The van der Waals surface area contributed by atoms with Gasteiger partial charge in [0.1, 0.15) is 5.82 Å². The Hall–Kier alpha value is -5.12. The Labute approximate surface area is 242 Å². The third-order valence-corrected chi connectivity index (χ3v) is 7.39. The van der Waals surface area contributed by atoms with Crippen molar-refractivity contribution in [2.45, 2.75) is 46.7 Å². The Morgan fingerprint density at radius 1 is 0.881 bits per heavy atom. The van der Waals surface area contributed by atoms with Gasteiger partial charge in [-0.05, 0) is 39.8 Å². The molecule has 0 aliphatic heterocycles. The summed E-state index contributed by atoms with van der Waals surface area (Å²) in [5.74, 6) is 1.29. The van der Waals surface area contributed by atoms with Crippen LogP contribution >= 0.6 is 0 Å². The van der Waals surface area contributed by atoms with Gasteiger partial charge in [-0.2, -0.15) is 5.21 Å². The molecule has 0 saturated carbocycles. The van der Waals surface area contributed by atoms with Gasteiger partial charge in [-0.25, -0.2) is 9.78 Å². The topological polar surface area (TPSA) is 127 Å². The lowest BCUT2D eigenvalue weighted by Gasteiger charge is -2.19. The number of nitrogens with zero attached hydrogens (tertiary/aromatic N) is 6. The van der Waals surface area contributed by atoms with Crippen LogP contribution in [0.2, 0.25) is 0 Å². The molecule has 0 fully saturated rings. The lowest BCUT2D eigenvalue weighted by Crippen LogP contribution is -2.33. The van der Waals surface area contributed by atoms with Crippen molar-refractivity contribution in [2.24, 2.45) is 5.41 Å². The minimum Gasteiger partial charge on any atom is -0.318 e. The average Bonchev–Trinajstić information content (AvgIpc) is 3.62. The Morgan fingerprint density at radius 3 is 2.24 bits per heavy atom. The molecule has 6 rings (SSSR count). The summed E-state index contributed by atoms with van der Waals surface area (Å²) in [6.45, 7) is 8.78. The smallest absolute Gasteiger partial charge is 0.318 e. The van der Waals surface area contributed by atoms with Gasteiger partial charge in [0.05, 0.1) is 6.04 Å². The molecule has 212 valence electrons. The molecule has 0 bridgehead atoms. The Balaban J connectivity index is 1.44. The van der Waals surface area contributed by atoms with Crippen LogP contribution in [0.15, 0.2) is 88.5 Å². The first kappa shape index (κ1) is 27.1. The predicted octanol–water partition coefficient (Wildman–Crippen LogP) is 4.98. The van der Waals surface area contributed by atoms with Crippen molar-refractivity contribution in [1.82, 2.24) is 39.7 Å². The molecule has 0 amide bonds. The molecule has 6 aromatic rings. The molecule has 1 atom stereocenters. The van der Waals surface area contributed by atoms with Crippen molar-refractivity contribution in [3.63, 3.8) is 0 Å². The molecule has 10 heteroatoms. The third-order valence-electron chi connectivity index (χ3n) is 7.39. The summed E-state index contributed by atoms with van der Waals surface area (Å²) < 4.78 is 3.54. The molecule has 1 unspecified atom stereocenters. The third kappa shape index (κ3) is 5.18. The minimum atomic E-state index is -0.472. The fourth-order valence-electron chi connectivity index (χ4n) is 5.39. The molecule has 3 aromatic carbocycles. The van der Waals surface area contributed by atoms with Crippen LogP contribution in [0.3, 0.4) is 0 Å². The number of tetrazole rings is 1. The van der Waals surface area contributed by atoms with E-state index in [4.69, 9.17) is 4.98 Å². The maximum atomic E-state index is 13.3. The first-order valence-corrected chi connectivity index (χ1v) is 13.9. The molecule has 0 saturated heterocycles. The van der Waals surface area contributed by atoms with Crippen molar-refractivity contribution in [3.8, 4) is 22.5 Å². The summed E-state index contributed by atoms with van der Waals surface area (Å²) in [6.07, 6.45) is 0.630. The average molecular weight is 561 g/mol. The SMILES string of the molecule is CC(c1ccccc1)n1c(=O)[nH]c(=O)c2c1nc(CC(C)(C)C)n2Cc1ccc(-c2ccccc2-c2nn[nH]n2)cc1. The highest BCUT2D eigenvalue weighted by Gasteiger charge is 2.25. The summed E-state index contributed by atoms with van der Waals surface area (Å²) in [5.41, 5.74) is 4.61. The number of fused-ring (bicyclic) bond motifs is 1. The van der Waals surface area contributed by atoms with Gasteiger partial charge in [0, 0.05) is 18.5 Å². The highest BCUT2D eigenvalue weighted by atomic mass is 16.2. The van der Waals surface area contributed by atoms with Crippen LogP contribution in [0.4, 0.5) is 0 Å². The van der Waals surface area contributed by atoms with E-state index in [1.807, 2.05) is 78.2 Å². The maximum absolute atomic E-state index is 13.3. The van der Waals surface area contributed by atoms with Gasteiger partial charge in [-0.1, -0.05) is 99.6 Å². The first-order valence-electron chi connectivity index (χ1n) is 13.9. The Kier molecular flexibility index (Phi) is 6.89. The zero-order valence-electron chi connectivity index (χ0n) is 24.0. The van der Waals surface area contributed by atoms with Gasteiger partial charge < -0.3 is 4.57 Å². The van der Waals surface area contributed by atoms with Crippen molar-refractivity contribution in [2.75, 3.05) is 0 Å². The molecule has 0 aliphatic rings. The van der Waals surface area contributed by atoms with Crippen LogP contribution in [0.1, 0.15) is 50.7 Å². The predicted molar refractivity (Wildman–Crippen MR) is 162 cm³/mol. The quantitative estimate of drug-likeness (QED) is 0.284. The Morgan fingerprint density at radius 2 is 1.57 bits per heavy atom. The van der Waals surface area contributed by atoms with Gasteiger partial charge in [-0.3, -0.25) is 14.3 Å². The first-order chi connectivity index (χ1) is 20.2. The molecule has 0 spiro atoms. The van der Waals surface area contributed by atoms with E-state index in [0.29, 0.717) is 30.0 Å². The molecule has 42 heavy (non-hydrogen) atoms. The molecule has 3 aromatic heterocycles. The number of H-pyrrole nitrogens is 2. The lowest BCUT2D eigenvalue weighted by molar-refractivity contribution is 0.394. The van der Waals surface area contributed by atoms with Crippen LogP contribution in [-0.2, 0) is 13.0 Å². The summed E-state index contributed by atoms with van der Waals surface area (Å²) in [6, 6.07) is 25.5. The van der Waals surface area contributed by atoms with Gasteiger partial charge in [0.2, 0.25) is 5.82 Å². The molecule has 10 nitrogen and oxygen atoms in total. The minimum absolute atomic E-state index is 0.0925. The van der Waals surface area contributed by atoms with E-state index in [1.54, 1.807) is 4.57 Å². The number of nitrogens with one attached hydrogen (secondary N) is 2. The van der Waals surface area contributed by atoms with Gasteiger partial charge >= 0.3 is 5.69 Å². The number of benzene rings is 3. The van der Waals surface area contributed by atoms with E-state index >= 15 is 0 Å². The highest BCUT2D eigenvalue weighted by molar-refractivity contribution is 5.80. The molecular weight excluding hydrogens is 528 g/mol. The maximum Gasteiger partial charge on any atom is 0.330 e. The molecule has 0 radical (unpaired) electrons. The highest BCUT2D eigenvalue weighted by Crippen LogP contribution is 2.30. The fraction of sp³-hybridized carbons (Fsp3) is 0.250. The van der Waals surface area contributed by atoms with Crippen LogP contribution < -0.4 is 11.2 Å². The van der Waals surface area contributed by atoms with Crippen molar-refractivity contribution in [3.05, 3.63) is 117 Å². The largest absolute Gasteiger partial charge is 0.330 e. The molecule has 2 N–H and O–H groups in total. The summed E-state index contributed by atoms with van der Waals surface area (Å²) in [7, 11) is 0. The Bertz CT molecular complexity index is 1960. The second-order valence-corrected chi connectivity index (χ2v) is 11.7. The van der Waals surface area contributed by atoms with E-state index < -0.39 is 11.2 Å². The van der Waals surface area contributed by atoms with Crippen LogP contribution in [0, 0.1) is 5.41 Å².